The predicted octanol–water partition coefficient (Wildman–Crippen LogP) is 5.30. The lowest BCUT2D eigenvalue weighted by molar-refractivity contribution is -0.192. The average Bonchev–Trinajstić information content (AvgIpc) is 2.99. The van der Waals surface area contributed by atoms with Crippen molar-refractivity contribution in [2.24, 2.45) is 40.4 Å². The first-order chi connectivity index (χ1) is 13.7. The molecule has 0 aromatic carbocycles. The molecule has 4 aliphatic rings. The molecule has 4 aliphatic carbocycles. The first kappa shape index (κ1) is 20.9. The molecule has 0 aromatic rings. The molecule has 4 saturated carbocycles. The van der Waals surface area contributed by atoms with E-state index in [4.69, 9.17) is 9.47 Å². The van der Waals surface area contributed by atoms with Crippen LogP contribution in [0.4, 0.5) is 0 Å². The number of hydrogen-bond donors (Lipinski definition) is 0. The van der Waals surface area contributed by atoms with Crippen LogP contribution in [0, 0.1) is 40.4 Å². The number of carbonyl (C=O) groups is 2. The van der Waals surface area contributed by atoms with Crippen molar-refractivity contribution in [3.8, 4) is 0 Å². The molecule has 0 radical (unpaired) electrons. The Kier molecular flexibility index (Phi) is 5.36. The molecule has 9 atom stereocenters. The topological polar surface area (TPSA) is 52.6 Å². The number of allylic oxidation sites excluding steroid dienone is 1. The summed E-state index contributed by atoms with van der Waals surface area (Å²) in [5.41, 5.74) is 0.276. The van der Waals surface area contributed by atoms with Gasteiger partial charge in [-0.25, -0.2) is 0 Å². The normalized spacial score (nSPS) is 48.6. The molecule has 0 N–H and O–H groups in total. The van der Waals surface area contributed by atoms with Crippen molar-refractivity contribution in [1.82, 2.24) is 0 Å². The third-order valence-electron chi connectivity index (χ3n) is 9.69. The summed E-state index contributed by atoms with van der Waals surface area (Å²) >= 11 is 0. The molecule has 0 heterocycles. The average molecular weight is 403 g/mol. The summed E-state index contributed by atoms with van der Waals surface area (Å²) in [5, 5.41) is 0. The van der Waals surface area contributed by atoms with Crippen molar-refractivity contribution in [2.45, 2.75) is 91.3 Å². The van der Waals surface area contributed by atoms with Gasteiger partial charge in [0.25, 0.3) is 0 Å². The summed E-state index contributed by atoms with van der Waals surface area (Å²) in [6.07, 6.45) is 11.1. The maximum atomic E-state index is 12.0. The Morgan fingerprint density at radius 3 is 2.31 bits per heavy atom. The van der Waals surface area contributed by atoms with Crippen LogP contribution in [-0.2, 0) is 19.1 Å². The molecule has 0 saturated heterocycles. The van der Waals surface area contributed by atoms with E-state index in [1.54, 1.807) is 6.92 Å². The molecule has 0 aliphatic heterocycles. The summed E-state index contributed by atoms with van der Waals surface area (Å²) in [7, 11) is 0. The first-order valence-electron chi connectivity index (χ1n) is 11.7. The van der Waals surface area contributed by atoms with E-state index in [9.17, 15) is 9.59 Å². The summed E-state index contributed by atoms with van der Waals surface area (Å²) in [4.78, 5) is 23.5. The minimum absolute atomic E-state index is 0.0153. The highest BCUT2D eigenvalue weighted by molar-refractivity contribution is 5.66. The van der Waals surface area contributed by atoms with Gasteiger partial charge in [-0.3, -0.25) is 9.59 Å². The van der Waals surface area contributed by atoms with Crippen molar-refractivity contribution in [3.63, 3.8) is 0 Å². The molecule has 9 unspecified atom stereocenters. The Hall–Kier alpha value is -1.32. The molecular weight excluding hydrogens is 364 g/mol. The highest BCUT2D eigenvalue weighted by Crippen LogP contribution is 2.68. The Morgan fingerprint density at radius 1 is 0.931 bits per heavy atom. The van der Waals surface area contributed by atoms with Gasteiger partial charge in [0.2, 0.25) is 0 Å². The van der Waals surface area contributed by atoms with Crippen molar-refractivity contribution in [2.75, 3.05) is 0 Å². The Morgan fingerprint density at radius 2 is 1.66 bits per heavy atom. The SMILES string of the molecule is C=CC1CCC2C3CCC4CC(OC(C)=O)CCC4(C)C3CC(OC(C)=O)C12C. The van der Waals surface area contributed by atoms with Crippen molar-refractivity contribution in [1.29, 1.82) is 0 Å². The fraction of sp³-hybridized carbons (Fsp3) is 0.840. The van der Waals surface area contributed by atoms with Gasteiger partial charge in [-0.1, -0.05) is 19.9 Å². The Balaban J connectivity index is 1.62. The Labute approximate surface area is 175 Å². The van der Waals surface area contributed by atoms with Gasteiger partial charge in [0.1, 0.15) is 12.2 Å². The van der Waals surface area contributed by atoms with Gasteiger partial charge < -0.3 is 9.47 Å². The van der Waals surface area contributed by atoms with E-state index in [1.807, 2.05) is 0 Å². The lowest BCUT2D eigenvalue weighted by atomic mass is 9.44. The van der Waals surface area contributed by atoms with Crippen molar-refractivity contribution in [3.05, 3.63) is 12.7 Å². The van der Waals surface area contributed by atoms with E-state index in [2.05, 4.69) is 26.5 Å². The maximum absolute atomic E-state index is 12.0. The quantitative estimate of drug-likeness (QED) is 0.474. The molecule has 4 rings (SSSR count). The van der Waals surface area contributed by atoms with Crippen LogP contribution in [0.2, 0.25) is 0 Å². The van der Waals surface area contributed by atoms with Crippen molar-refractivity contribution >= 4 is 11.9 Å². The van der Waals surface area contributed by atoms with Crippen LogP contribution in [0.5, 0.6) is 0 Å². The molecular formula is C25H38O4. The second kappa shape index (κ2) is 7.42. The monoisotopic (exact) mass is 402 g/mol. The van der Waals surface area contributed by atoms with Crippen LogP contribution in [0.1, 0.15) is 79.1 Å². The lowest BCUT2D eigenvalue weighted by Crippen LogP contribution is -2.59. The first-order valence-corrected chi connectivity index (χ1v) is 11.7. The van der Waals surface area contributed by atoms with E-state index in [0.717, 1.165) is 25.7 Å². The number of esters is 2. The van der Waals surface area contributed by atoms with E-state index >= 15 is 0 Å². The van der Waals surface area contributed by atoms with E-state index in [0.29, 0.717) is 29.6 Å². The standard InChI is InChI=1S/C25H38O4/c1-6-17-8-10-21-20-9-7-18-13-19(28-15(2)26)11-12-24(18,4)22(20)14-23(25(17,21)5)29-16(3)27/h6,17-23H,1,7-14H2,2-5H3. The van der Waals surface area contributed by atoms with Gasteiger partial charge >= 0.3 is 11.9 Å². The third kappa shape index (κ3) is 3.25. The van der Waals surface area contributed by atoms with Gasteiger partial charge in [0, 0.05) is 19.3 Å². The predicted molar refractivity (Wildman–Crippen MR) is 112 cm³/mol. The highest BCUT2D eigenvalue weighted by atomic mass is 16.5. The van der Waals surface area contributed by atoms with Crippen LogP contribution in [0.3, 0.4) is 0 Å². The second-order valence-corrected chi connectivity index (χ2v) is 10.8. The minimum atomic E-state index is -0.155. The van der Waals surface area contributed by atoms with Crippen LogP contribution < -0.4 is 0 Å². The smallest absolute Gasteiger partial charge is 0.302 e. The Bertz CT molecular complexity index is 686. The second-order valence-electron chi connectivity index (χ2n) is 10.8. The van der Waals surface area contributed by atoms with E-state index in [-0.39, 0.29) is 35.0 Å². The van der Waals surface area contributed by atoms with E-state index in [1.165, 1.54) is 32.6 Å². The molecule has 162 valence electrons. The number of carbonyl (C=O) groups excluding carboxylic acids is 2. The molecule has 4 heteroatoms. The molecule has 4 fully saturated rings. The third-order valence-corrected chi connectivity index (χ3v) is 9.69. The van der Waals surface area contributed by atoms with Crippen molar-refractivity contribution < 1.29 is 19.1 Å². The molecule has 29 heavy (non-hydrogen) atoms. The molecule has 0 bridgehead atoms. The summed E-state index contributed by atoms with van der Waals surface area (Å²) < 4.78 is 11.6. The number of fused-ring (bicyclic) bond motifs is 5. The van der Waals surface area contributed by atoms with E-state index < -0.39 is 0 Å². The van der Waals surface area contributed by atoms with Gasteiger partial charge in [-0.2, -0.15) is 0 Å². The molecule has 4 nitrogen and oxygen atoms in total. The summed E-state index contributed by atoms with van der Waals surface area (Å²) in [6, 6.07) is 0. The molecule has 0 amide bonds. The zero-order valence-electron chi connectivity index (χ0n) is 18.6. The lowest BCUT2D eigenvalue weighted by Gasteiger charge is -2.62. The largest absolute Gasteiger partial charge is 0.463 e. The zero-order valence-corrected chi connectivity index (χ0v) is 18.6. The number of hydrogen-bond acceptors (Lipinski definition) is 4. The highest BCUT2D eigenvalue weighted by Gasteiger charge is 2.64. The van der Waals surface area contributed by atoms with Crippen LogP contribution >= 0.6 is 0 Å². The fourth-order valence-corrected chi connectivity index (χ4v) is 8.31. The number of rotatable bonds is 3. The summed E-state index contributed by atoms with van der Waals surface area (Å²) in [5.74, 6) is 2.63. The zero-order chi connectivity index (χ0) is 21.0. The molecule has 0 aromatic heterocycles. The maximum Gasteiger partial charge on any atom is 0.302 e. The van der Waals surface area contributed by atoms with Crippen LogP contribution in [-0.4, -0.2) is 24.1 Å². The van der Waals surface area contributed by atoms with Gasteiger partial charge in [-0.15, -0.1) is 6.58 Å². The minimum Gasteiger partial charge on any atom is -0.463 e. The van der Waals surface area contributed by atoms with Crippen LogP contribution in [0.25, 0.3) is 0 Å². The number of ether oxygens (including phenoxy) is 2. The summed E-state index contributed by atoms with van der Waals surface area (Å²) in [6.45, 7) is 12.0. The van der Waals surface area contributed by atoms with Crippen LogP contribution in [0.15, 0.2) is 12.7 Å². The van der Waals surface area contributed by atoms with Gasteiger partial charge in [-0.05, 0) is 86.4 Å². The van der Waals surface area contributed by atoms with Gasteiger partial charge in [0.15, 0.2) is 0 Å². The molecule has 0 spiro atoms. The van der Waals surface area contributed by atoms with Gasteiger partial charge in [0.05, 0.1) is 0 Å². The fourth-order valence-electron chi connectivity index (χ4n) is 8.31.